The highest BCUT2D eigenvalue weighted by molar-refractivity contribution is 6.51. The maximum atomic E-state index is 6.16. The van der Waals surface area contributed by atoms with E-state index in [2.05, 4.69) is 53.7 Å². The molecule has 0 aliphatic carbocycles. The molecule has 0 bridgehead atoms. The number of hydrogen-bond donors (Lipinski definition) is 0. The molecular weight excluding hydrogens is 235 g/mol. The first-order chi connectivity index (χ1) is 8.41. The van der Waals surface area contributed by atoms with Crippen molar-refractivity contribution in [2.45, 2.75) is 64.9 Å². The minimum atomic E-state index is -0.955. The van der Waals surface area contributed by atoms with E-state index in [1.54, 1.807) is 0 Å². The smallest absolute Gasteiger partial charge is 0.461 e. The number of rotatable bonds is 10. The fraction of sp³-hybridized carbons (Fsp3) is 0.875. The van der Waals surface area contributed by atoms with Crippen LogP contribution in [0.3, 0.4) is 0 Å². The van der Waals surface area contributed by atoms with Gasteiger partial charge < -0.3 is 3.79 Å². The standard InChI is InChI=1S/C8H15O.2C4H9.Al/c1-8(2)6-4-3-5-7-9;2*1-4(2)3;/h3-4,8H,5-7H2,1-2H3;2*4H,1H2,2-3H3;/q-1;;;+1. The van der Waals surface area contributed by atoms with Gasteiger partial charge >= 0.3 is 14.5 Å². The Labute approximate surface area is 120 Å². The van der Waals surface area contributed by atoms with Gasteiger partial charge in [0.15, 0.2) is 0 Å². The Hall–Kier alpha value is 0.232. The van der Waals surface area contributed by atoms with Gasteiger partial charge in [-0.25, -0.2) is 0 Å². The Bertz CT molecular complexity index is 199. The van der Waals surface area contributed by atoms with Crippen LogP contribution in [0.25, 0.3) is 0 Å². The van der Waals surface area contributed by atoms with Crippen LogP contribution in [-0.2, 0) is 3.79 Å². The highest BCUT2D eigenvalue weighted by Crippen LogP contribution is 2.15. The predicted molar refractivity (Wildman–Crippen MR) is 84.2 cm³/mol. The Morgan fingerprint density at radius 2 is 1.39 bits per heavy atom. The molecule has 0 heterocycles. The molecule has 18 heavy (non-hydrogen) atoms. The number of allylic oxidation sites excluding steroid dienone is 1. The second kappa shape index (κ2) is 11.1. The summed E-state index contributed by atoms with van der Waals surface area (Å²) in [5, 5.41) is 2.65. The molecule has 0 aliphatic heterocycles. The molecule has 0 rings (SSSR count). The summed E-state index contributed by atoms with van der Waals surface area (Å²) in [6.07, 6.45) is 6.87. The summed E-state index contributed by atoms with van der Waals surface area (Å²) in [4.78, 5) is 0. The van der Waals surface area contributed by atoms with Gasteiger partial charge in [-0.2, -0.15) is 0 Å². The summed E-state index contributed by atoms with van der Waals surface area (Å²) in [5.41, 5.74) is 0. The Kier molecular flexibility index (Phi) is 11.2. The Balaban J connectivity index is 3.78. The van der Waals surface area contributed by atoms with Crippen molar-refractivity contribution in [3.63, 3.8) is 0 Å². The topological polar surface area (TPSA) is 9.23 Å². The van der Waals surface area contributed by atoms with Gasteiger partial charge in [0.1, 0.15) is 0 Å². The maximum absolute atomic E-state index is 6.16. The van der Waals surface area contributed by atoms with E-state index in [9.17, 15) is 0 Å². The normalized spacial score (nSPS) is 12.3. The van der Waals surface area contributed by atoms with Crippen molar-refractivity contribution in [3.05, 3.63) is 12.2 Å². The van der Waals surface area contributed by atoms with Gasteiger partial charge in [0, 0.05) is 6.61 Å². The van der Waals surface area contributed by atoms with E-state index in [4.69, 9.17) is 3.79 Å². The second-order valence-electron chi connectivity index (χ2n) is 6.64. The summed E-state index contributed by atoms with van der Waals surface area (Å²) >= 11 is -0.955. The number of hydrogen-bond acceptors (Lipinski definition) is 1. The molecule has 0 aromatic heterocycles. The van der Waals surface area contributed by atoms with E-state index in [-0.39, 0.29) is 0 Å². The van der Waals surface area contributed by atoms with Crippen LogP contribution in [0.1, 0.15) is 54.4 Å². The third-order valence-corrected chi connectivity index (χ3v) is 6.53. The van der Waals surface area contributed by atoms with E-state index in [1.807, 2.05) is 0 Å². The molecule has 0 unspecified atom stereocenters. The van der Waals surface area contributed by atoms with Crippen LogP contribution >= 0.6 is 0 Å². The molecule has 0 aromatic rings. The van der Waals surface area contributed by atoms with Gasteiger partial charge in [0.2, 0.25) is 0 Å². The van der Waals surface area contributed by atoms with Crippen molar-refractivity contribution in [3.8, 4) is 0 Å². The van der Waals surface area contributed by atoms with Crippen LogP contribution < -0.4 is 0 Å². The van der Waals surface area contributed by atoms with Gasteiger partial charge in [-0.1, -0.05) is 76.1 Å². The van der Waals surface area contributed by atoms with E-state index in [0.717, 1.165) is 30.8 Å². The minimum absolute atomic E-state index is 0.770. The molecule has 0 radical (unpaired) electrons. The second-order valence-corrected chi connectivity index (χ2v) is 9.16. The molecule has 1 nitrogen and oxygen atoms in total. The van der Waals surface area contributed by atoms with Crippen LogP contribution in [0.4, 0.5) is 0 Å². The zero-order chi connectivity index (χ0) is 14.0. The SMILES string of the molecule is CC(C)CC=CCC[O][Al]([CH2]C(C)C)[CH2]C(C)C. The first kappa shape index (κ1) is 18.2. The molecular formula is C16H33AlO. The van der Waals surface area contributed by atoms with Crippen molar-refractivity contribution in [1.29, 1.82) is 0 Å². The molecule has 0 fully saturated rings. The van der Waals surface area contributed by atoms with Crippen molar-refractivity contribution < 1.29 is 3.79 Å². The fourth-order valence-corrected chi connectivity index (χ4v) is 5.11. The van der Waals surface area contributed by atoms with E-state index in [1.165, 1.54) is 17.0 Å². The Morgan fingerprint density at radius 3 is 1.83 bits per heavy atom. The molecule has 0 aliphatic rings. The van der Waals surface area contributed by atoms with Gasteiger partial charge in [-0.05, 0) is 18.8 Å². The van der Waals surface area contributed by atoms with Crippen LogP contribution in [0.15, 0.2) is 12.2 Å². The van der Waals surface area contributed by atoms with Crippen LogP contribution in [-0.4, -0.2) is 21.1 Å². The van der Waals surface area contributed by atoms with E-state index in [0.29, 0.717) is 0 Å². The lowest BCUT2D eigenvalue weighted by atomic mass is 10.1. The molecule has 0 aromatic carbocycles. The van der Waals surface area contributed by atoms with Gasteiger partial charge in [-0.15, -0.1) is 0 Å². The first-order valence-electron chi connectivity index (χ1n) is 7.68. The van der Waals surface area contributed by atoms with E-state index < -0.39 is 14.5 Å². The van der Waals surface area contributed by atoms with Crippen molar-refractivity contribution >= 4 is 14.5 Å². The van der Waals surface area contributed by atoms with Crippen LogP contribution in [0.5, 0.6) is 0 Å². The first-order valence-corrected chi connectivity index (χ1v) is 9.78. The average molecular weight is 268 g/mol. The third-order valence-electron chi connectivity index (χ3n) is 2.88. The molecule has 0 N–H and O–H groups in total. The van der Waals surface area contributed by atoms with Crippen molar-refractivity contribution in [2.75, 3.05) is 6.61 Å². The van der Waals surface area contributed by atoms with Crippen LogP contribution in [0.2, 0.25) is 10.6 Å². The Morgan fingerprint density at radius 1 is 0.833 bits per heavy atom. The minimum Gasteiger partial charge on any atom is -0.500 e. The van der Waals surface area contributed by atoms with Gasteiger partial charge in [0.25, 0.3) is 0 Å². The summed E-state index contributed by atoms with van der Waals surface area (Å²) in [6, 6.07) is 0. The average Bonchev–Trinajstić information content (AvgIpc) is 2.20. The van der Waals surface area contributed by atoms with Crippen LogP contribution in [0, 0.1) is 17.8 Å². The molecule has 0 atom stereocenters. The largest absolute Gasteiger partial charge is 0.500 e. The molecule has 0 spiro atoms. The lowest BCUT2D eigenvalue weighted by Gasteiger charge is -2.16. The highest BCUT2D eigenvalue weighted by Gasteiger charge is 2.22. The van der Waals surface area contributed by atoms with E-state index >= 15 is 0 Å². The van der Waals surface area contributed by atoms with Gasteiger partial charge in [-0.3, -0.25) is 0 Å². The lowest BCUT2D eigenvalue weighted by molar-refractivity contribution is 0.317. The molecule has 0 saturated carbocycles. The van der Waals surface area contributed by atoms with Crippen molar-refractivity contribution in [2.24, 2.45) is 17.8 Å². The molecule has 106 valence electrons. The highest BCUT2D eigenvalue weighted by atomic mass is 27.2. The molecule has 0 saturated heterocycles. The summed E-state index contributed by atoms with van der Waals surface area (Å²) in [5.74, 6) is 2.35. The lowest BCUT2D eigenvalue weighted by Crippen LogP contribution is -2.22. The van der Waals surface area contributed by atoms with Gasteiger partial charge in [0.05, 0.1) is 0 Å². The maximum Gasteiger partial charge on any atom is 0.461 e. The summed E-state index contributed by atoms with van der Waals surface area (Å²) in [7, 11) is 0. The quantitative estimate of drug-likeness (QED) is 0.297. The zero-order valence-corrected chi connectivity index (χ0v) is 14.6. The predicted octanol–water partition coefficient (Wildman–Crippen LogP) is 5.30. The summed E-state index contributed by atoms with van der Waals surface area (Å²) in [6.45, 7) is 14.7. The monoisotopic (exact) mass is 268 g/mol. The fourth-order valence-electron chi connectivity index (χ4n) is 2.07. The molecule has 2 heteroatoms. The zero-order valence-electron chi connectivity index (χ0n) is 13.4. The van der Waals surface area contributed by atoms with Crippen molar-refractivity contribution in [1.82, 2.24) is 0 Å². The third kappa shape index (κ3) is 12.7. The molecule has 0 amide bonds. The summed E-state index contributed by atoms with van der Waals surface area (Å²) < 4.78 is 6.16.